The standard InChI is InChI=1S/C14H23N3O3/c1-9-10(2)16-12(15-9)11-8-17(6-7-19-11)13(18)20-14(3,4)5/h11H,6-8H2,1-5H3,(H,15,16). The van der Waals surface area contributed by atoms with Crippen molar-refractivity contribution in [1.29, 1.82) is 0 Å². The van der Waals surface area contributed by atoms with Crippen LogP contribution in [-0.2, 0) is 9.47 Å². The number of carbonyl (C=O) groups is 1. The molecule has 2 heterocycles. The third-order valence-electron chi connectivity index (χ3n) is 3.17. The highest BCUT2D eigenvalue weighted by molar-refractivity contribution is 5.68. The molecule has 1 aromatic rings. The average molecular weight is 281 g/mol. The van der Waals surface area contributed by atoms with E-state index in [4.69, 9.17) is 9.47 Å². The lowest BCUT2D eigenvalue weighted by atomic mass is 10.2. The molecule has 1 saturated heterocycles. The van der Waals surface area contributed by atoms with Gasteiger partial charge in [0.15, 0.2) is 0 Å². The molecular formula is C14H23N3O3. The van der Waals surface area contributed by atoms with Crippen LogP contribution >= 0.6 is 0 Å². The number of aryl methyl sites for hydroxylation is 2. The second kappa shape index (κ2) is 5.44. The first-order chi connectivity index (χ1) is 9.26. The number of nitrogens with one attached hydrogen (secondary N) is 1. The lowest BCUT2D eigenvalue weighted by Gasteiger charge is -2.33. The van der Waals surface area contributed by atoms with E-state index in [2.05, 4.69) is 9.97 Å². The molecule has 1 aromatic heterocycles. The van der Waals surface area contributed by atoms with Gasteiger partial charge in [0.25, 0.3) is 0 Å². The van der Waals surface area contributed by atoms with E-state index < -0.39 is 5.60 Å². The summed E-state index contributed by atoms with van der Waals surface area (Å²) in [5.41, 5.74) is 1.50. The third kappa shape index (κ3) is 3.50. The lowest BCUT2D eigenvalue weighted by Crippen LogP contribution is -2.44. The van der Waals surface area contributed by atoms with Gasteiger partial charge in [-0.2, -0.15) is 0 Å². The largest absolute Gasteiger partial charge is 0.444 e. The van der Waals surface area contributed by atoms with Gasteiger partial charge in [0.1, 0.15) is 17.5 Å². The van der Waals surface area contributed by atoms with Crippen LogP contribution < -0.4 is 0 Å². The van der Waals surface area contributed by atoms with Crippen molar-refractivity contribution in [3.05, 3.63) is 17.2 Å². The van der Waals surface area contributed by atoms with Gasteiger partial charge in [-0.25, -0.2) is 9.78 Å². The molecule has 20 heavy (non-hydrogen) atoms. The fourth-order valence-electron chi connectivity index (χ4n) is 2.03. The van der Waals surface area contributed by atoms with Crippen LogP contribution in [0.15, 0.2) is 0 Å². The Morgan fingerprint density at radius 3 is 2.70 bits per heavy atom. The minimum absolute atomic E-state index is 0.219. The Labute approximate surface area is 119 Å². The number of hydrogen-bond donors (Lipinski definition) is 1. The number of aromatic amines is 1. The molecule has 1 N–H and O–H groups in total. The summed E-state index contributed by atoms with van der Waals surface area (Å²) in [4.78, 5) is 21.4. The van der Waals surface area contributed by atoms with Gasteiger partial charge in [-0.15, -0.1) is 0 Å². The molecule has 0 bridgehead atoms. The maximum atomic E-state index is 12.1. The molecule has 1 aliphatic heterocycles. The van der Waals surface area contributed by atoms with Crippen molar-refractivity contribution < 1.29 is 14.3 Å². The smallest absolute Gasteiger partial charge is 0.410 e. The summed E-state index contributed by atoms with van der Waals surface area (Å²) in [7, 11) is 0. The van der Waals surface area contributed by atoms with Crippen molar-refractivity contribution in [2.75, 3.05) is 19.7 Å². The van der Waals surface area contributed by atoms with Crippen LogP contribution in [-0.4, -0.2) is 46.3 Å². The quantitative estimate of drug-likeness (QED) is 0.858. The molecule has 0 spiro atoms. The minimum atomic E-state index is -0.483. The van der Waals surface area contributed by atoms with Crippen molar-refractivity contribution in [2.24, 2.45) is 0 Å². The molecule has 1 amide bonds. The predicted octanol–water partition coefficient (Wildman–Crippen LogP) is 2.33. The molecule has 6 nitrogen and oxygen atoms in total. The molecule has 6 heteroatoms. The first-order valence-electron chi connectivity index (χ1n) is 6.89. The fraction of sp³-hybridized carbons (Fsp3) is 0.714. The van der Waals surface area contributed by atoms with E-state index in [0.29, 0.717) is 19.7 Å². The number of amides is 1. The van der Waals surface area contributed by atoms with Crippen LogP contribution in [0.1, 0.15) is 44.1 Å². The second-order valence-electron chi connectivity index (χ2n) is 6.12. The number of morpholine rings is 1. The first kappa shape index (κ1) is 14.8. The average Bonchev–Trinajstić information content (AvgIpc) is 2.68. The van der Waals surface area contributed by atoms with Crippen LogP contribution in [0.25, 0.3) is 0 Å². The Hall–Kier alpha value is -1.56. The zero-order chi connectivity index (χ0) is 14.9. The third-order valence-corrected chi connectivity index (χ3v) is 3.17. The van der Waals surface area contributed by atoms with Gasteiger partial charge in [-0.1, -0.05) is 0 Å². The molecule has 0 radical (unpaired) electrons. The molecule has 2 rings (SSSR count). The maximum Gasteiger partial charge on any atom is 0.410 e. The first-order valence-corrected chi connectivity index (χ1v) is 6.89. The van der Waals surface area contributed by atoms with E-state index in [0.717, 1.165) is 17.2 Å². The number of ether oxygens (including phenoxy) is 2. The normalized spacial score (nSPS) is 20.1. The van der Waals surface area contributed by atoms with Gasteiger partial charge in [0, 0.05) is 12.2 Å². The molecule has 1 atom stereocenters. The molecule has 0 aromatic carbocycles. The predicted molar refractivity (Wildman–Crippen MR) is 74.6 cm³/mol. The number of imidazole rings is 1. The van der Waals surface area contributed by atoms with Crippen molar-refractivity contribution >= 4 is 6.09 Å². The van der Waals surface area contributed by atoms with Gasteiger partial charge in [-0.05, 0) is 34.6 Å². The zero-order valence-corrected chi connectivity index (χ0v) is 12.8. The highest BCUT2D eigenvalue weighted by Crippen LogP contribution is 2.22. The molecular weight excluding hydrogens is 258 g/mol. The van der Waals surface area contributed by atoms with Gasteiger partial charge < -0.3 is 19.4 Å². The Bertz CT molecular complexity index is 471. The van der Waals surface area contributed by atoms with Crippen molar-refractivity contribution in [2.45, 2.75) is 46.3 Å². The van der Waals surface area contributed by atoms with Crippen molar-refractivity contribution in [3.63, 3.8) is 0 Å². The zero-order valence-electron chi connectivity index (χ0n) is 12.8. The van der Waals surface area contributed by atoms with Crippen LogP contribution in [0.2, 0.25) is 0 Å². The number of hydrogen-bond acceptors (Lipinski definition) is 4. The molecule has 0 saturated carbocycles. The molecule has 1 fully saturated rings. The summed E-state index contributed by atoms with van der Waals surface area (Å²) in [6, 6.07) is 0. The minimum Gasteiger partial charge on any atom is -0.444 e. The van der Waals surface area contributed by atoms with E-state index in [1.165, 1.54) is 0 Å². The monoisotopic (exact) mass is 281 g/mol. The summed E-state index contributed by atoms with van der Waals surface area (Å²) in [6.07, 6.45) is -0.519. The lowest BCUT2D eigenvalue weighted by molar-refractivity contribution is -0.0460. The fourth-order valence-corrected chi connectivity index (χ4v) is 2.03. The second-order valence-corrected chi connectivity index (χ2v) is 6.12. The molecule has 1 aliphatic rings. The summed E-state index contributed by atoms with van der Waals surface area (Å²) in [5.74, 6) is 0.772. The van der Waals surface area contributed by atoms with Crippen LogP contribution in [0.3, 0.4) is 0 Å². The SMILES string of the molecule is Cc1nc(C2CN(C(=O)OC(C)(C)C)CCO2)[nH]c1C. The van der Waals surface area contributed by atoms with Crippen molar-refractivity contribution in [1.82, 2.24) is 14.9 Å². The summed E-state index contributed by atoms with van der Waals surface area (Å²) < 4.78 is 11.1. The summed E-state index contributed by atoms with van der Waals surface area (Å²) in [6.45, 7) is 11.0. The molecule has 112 valence electrons. The summed E-state index contributed by atoms with van der Waals surface area (Å²) in [5, 5.41) is 0. The number of nitrogens with zero attached hydrogens (tertiary/aromatic N) is 2. The maximum absolute atomic E-state index is 12.1. The Morgan fingerprint density at radius 2 is 2.15 bits per heavy atom. The number of aromatic nitrogens is 2. The molecule has 1 unspecified atom stereocenters. The Kier molecular flexibility index (Phi) is 4.04. The summed E-state index contributed by atoms with van der Waals surface area (Å²) >= 11 is 0. The van der Waals surface area contributed by atoms with E-state index in [1.807, 2.05) is 34.6 Å². The van der Waals surface area contributed by atoms with Gasteiger partial charge >= 0.3 is 6.09 Å². The van der Waals surface area contributed by atoms with Crippen molar-refractivity contribution in [3.8, 4) is 0 Å². The van der Waals surface area contributed by atoms with E-state index in [-0.39, 0.29) is 12.2 Å². The van der Waals surface area contributed by atoms with Crippen LogP contribution in [0, 0.1) is 13.8 Å². The van der Waals surface area contributed by atoms with E-state index in [1.54, 1.807) is 4.90 Å². The number of carbonyl (C=O) groups excluding carboxylic acids is 1. The topological polar surface area (TPSA) is 67.5 Å². The van der Waals surface area contributed by atoms with Crippen LogP contribution in [0.5, 0.6) is 0 Å². The number of rotatable bonds is 1. The van der Waals surface area contributed by atoms with Crippen LogP contribution in [0.4, 0.5) is 4.79 Å². The highest BCUT2D eigenvalue weighted by atomic mass is 16.6. The van der Waals surface area contributed by atoms with Gasteiger partial charge in [0.05, 0.1) is 18.8 Å². The Balaban J connectivity index is 2.03. The number of H-pyrrole nitrogens is 1. The van der Waals surface area contributed by atoms with E-state index in [9.17, 15) is 4.79 Å². The highest BCUT2D eigenvalue weighted by Gasteiger charge is 2.30. The van der Waals surface area contributed by atoms with E-state index >= 15 is 0 Å². The Morgan fingerprint density at radius 1 is 1.45 bits per heavy atom. The molecule has 0 aliphatic carbocycles. The van der Waals surface area contributed by atoms with Gasteiger partial charge in [0.2, 0.25) is 0 Å². The van der Waals surface area contributed by atoms with Gasteiger partial charge in [-0.3, -0.25) is 0 Å².